The van der Waals surface area contributed by atoms with Crippen LogP contribution in [0.3, 0.4) is 0 Å². The highest BCUT2D eigenvalue weighted by molar-refractivity contribution is 6.30. The van der Waals surface area contributed by atoms with Crippen LogP contribution < -0.4 is 11.1 Å². The molecule has 0 spiro atoms. The van der Waals surface area contributed by atoms with Crippen LogP contribution in [0.5, 0.6) is 0 Å². The topological polar surface area (TPSA) is 38.0 Å². The van der Waals surface area contributed by atoms with Crippen molar-refractivity contribution in [2.75, 3.05) is 13.1 Å². The Bertz CT molecular complexity index is 361. The summed E-state index contributed by atoms with van der Waals surface area (Å²) < 4.78 is 12.9. The van der Waals surface area contributed by atoms with Crippen molar-refractivity contribution in [1.29, 1.82) is 0 Å². The first-order valence-electron chi connectivity index (χ1n) is 5.82. The standard InChI is InChI=1S/C13H20ClFN2/c1-13(2,16)6-8-17-7-5-10-3-4-12(15)11(14)9-10/h3-4,9,17H,5-8,16H2,1-2H3. The molecule has 4 heteroatoms. The van der Waals surface area contributed by atoms with E-state index >= 15 is 0 Å². The first-order chi connectivity index (χ1) is 7.88. The summed E-state index contributed by atoms with van der Waals surface area (Å²) in [4.78, 5) is 0. The molecular weight excluding hydrogens is 239 g/mol. The van der Waals surface area contributed by atoms with E-state index in [0.29, 0.717) is 0 Å². The molecule has 2 nitrogen and oxygen atoms in total. The zero-order chi connectivity index (χ0) is 12.9. The van der Waals surface area contributed by atoms with Gasteiger partial charge in [-0.3, -0.25) is 0 Å². The summed E-state index contributed by atoms with van der Waals surface area (Å²) >= 11 is 5.70. The third kappa shape index (κ3) is 6.01. The van der Waals surface area contributed by atoms with Crippen LogP contribution in [0.2, 0.25) is 5.02 Å². The van der Waals surface area contributed by atoms with Crippen LogP contribution in [-0.2, 0) is 6.42 Å². The minimum atomic E-state index is -0.367. The lowest BCUT2D eigenvalue weighted by molar-refractivity contribution is 0.456. The molecule has 0 aliphatic heterocycles. The van der Waals surface area contributed by atoms with Crippen molar-refractivity contribution >= 4 is 11.6 Å². The lowest BCUT2D eigenvalue weighted by atomic mass is 10.0. The molecule has 0 amide bonds. The van der Waals surface area contributed by atoms with Crippen LogP contribution in [0.15, 0.2) is 18.2 Å². The number of hydrogen-bond donors (Lipinski definition) is 2. The molecule has 3 N–H and O–H groups in total. The Kier molecular flexibility index (Phi) is 5.37. The second kappa shape index (κ2) is 6.34. The average molecular weight is 259 g/mol. The van der Waals surface area contributed by atoms with Gasteiger partial charge in [-0.15, -0.1) is 0 Å². The molecule has 1 aromatic rings. The number of hydrogen-bond acceptors (Lipinski definition) is 2. The predicted octanol–water partition coefficient (Wildman–Crippen LogP) is 2.74. The molecule has 0 aliphatic rings. The van der Waals surface area contributed by atoms with Gasteiger partial charge in [-0.1, -0.05) is 17.7 Å². The lowest BCUT2D eigenvalue weighted by Gasteiger charge is -2.18. The van der Waals surface area contributed by atoms with Crippen LogP contribution in [0.25, 0.3) is 0 Å². The summed E-state index contributed by atoms with van der Waals surface area (Å²) in [5.74, 6) is -0.367. The summed E-state index contributed by atoms with van der Waals surface area (Å²) in [5, 5.41) is 3.49. The molecule has 0 aliphatic carbocycles. The van der Waals surface area contributed by atoms with E-state index in [-0.39, 0.29) is 16.4 Å². The van der Waals surface area contributed by atoms with Crippen molar-refractivity contribution in [3.8, 4) is 0 Å². The molecule has 0 atom stereocenters. The zero-order valence-corrected chi connectivity index (χ0v) is 11.1. The molecule has 0 saturated carbocycles. The summed E-state index contributed by atoms with van der Waals surface area (Å²) in [6.07, 6.45) is 1.77. The minimum Gasteiger partial charge on any atom is -0.326 e. The minimum absolute atomic E-state index is 0.133. The molecule has 0 unspecified atom stereocenters. The second-order valence-corrected chi connectivity index (χ2v) is 5.39. The number of nitrogens with two attached hydrogens (primary N) is 1. The Morgan fingerprint density at radius 3 is 2.65 bits per heavy atom. The molecular formula is C13H20ClFN2. The van der Waals surface area contributed by atoms with Crippen LogP contribution in [0.4, 0.5) is 4.39 Å². The first-order valence-corrected chi connectivity index (χ1v) is 6.20. The maximum Gasteiger partial charge on any atom is 0.141 e. The zero-order valence-electron chi connectivity index (χ0n) is 10.4. The predicted molar refractivity (Wildman–Crippen MR) is 70.9 cm³/mol. The van der Waals surface area contributed by atoms with Crippen molar-refractivity contribution in [3.05, 3.63) is 34.6 Å². The maximum atomic E-state index is 12.9. The van der Waals surface area contributed by atoms with Crippen molar-refractivity contribution in [2.45, 2.75) is 32.2 Å². The highest BCUT2D eigenvalue weighted by Crippen LogP contribution is 2.16. The molecule has 1 rings (SSSR count). The van der Waals surface area contributed by atoms with Crippen molar-refractivity contribution in [1.82, 2.24) is 5.32 Å². The average Bonchev–Trinajstić information content (AvgIpc) is 2.21. The third-order valence-electron chi connectivity index (χ3n) is 2.52. The van der Waals surface area contributed by atoms with Gasteiger partial charge in [-0.25, -0.2) is 4.39 Å². The SMILES string of the molecule is CC(C)(N)CCNCCc1ccc(F)c(Cl)c1. The fourth-order valence-corrected chi connectivity index (χ4v) is 1.67. The molecule has 0 heterocycles. The van der Waals surface area contributed by atoms with Gasteiger partial charge >= 0.3 is 0 Å². The summed E-state index contributed by atoms with van der Waals surface area (Å²) in [6, 6.07) is 4.84. The van der Waals surface area contributed by atoms with Crippen molar-refractivity contribution in [3.63, 3.8) is 0 Å². The fourth-order valence-electron chi connectivity index (χ4n) is 1.46. The summed E-state index contributed by atoms with van der Waals surface area (Å²) in [7, 11) is 0. The lowest BCUT2D eigenvalue weighted by Crippen LogP contribution is -2.36. The molecule has 0 fully saturated rings. The van der Waals surface area contributed by atoms with E-state index < -0.39 is 0 Å². The second-order valence-electron chi connectivity index (χ2n) is 4.99. The smallest absolute Gasteiger partial charge is 0.141 e. The number of rotatable bonds is 6. The summed E-state index contributed by atoms with van der Waals surface area (Å²) in [5.41, 5.74) is 6.77. The van der Waals surface area contributed by atoms with Crippen molar-refractivity contribution in [2.24, 2.45) is 5.73 Å². The largest absolute Gasteiger partial charge is 0.326 e. The van der Waals surface area contributed by atoms with Gasteiger partial charge in [0.1, 0.15) is 5.82 Å². The molecule has 1 aromatic carbocycles. The van der Waals surface area contributed by atoms with Gasteiger partial charge in [0, 0.05) is 5.54 Å². The van der Waals surface area contributed by atoms with E-state index in [0.717, 1.165) is 31.5 Å². The van der Waals surface area contributed by atoms with Gasteiger partial charge in [0.2, 0.25) is 0 Å². The van der Waals surface area contributed by atoms with E-state index in [1.165, 1.54) is 6.07 Å². The highest BCUT2D eigenvalue weighted by atomic mass is 35.5. The highest BCUT2D eigenvalue weighted by Gasteiger charge is 2.08. The van der Waals surface area contributed by atoms with E-state index in [1.54, 1.807) is 12.1 Å². The Hall–Kier alpha value is -0.640. The number of nitrogens with one attached hydrogen (secondary N) is 1. The van der Waals surface area contributed by atoms with Crippen molar-refractivity contribution < 1.29 is 4.39 Å². The van der Waals surface area contributed by atoms with Crippen LogP contribution >= 0.6 is 11.6 Å². The van der Waals surface area contributed by atoms with Gasteiger partial charge in [-0.05, 0) is 57.5 Å². The third-order valence-corrected chi connectivity index (χ3v) is 2.81. The Morgan fingerprint density at radius 1 is 1.35 bits per heavy atom. The monoisotopic (exact) mass is 258 g/mol. The summed E-state index contributed by atoms with van der Waals surface area (Å²) in [6.45, 7) is 5.75. The molecule has 0 saturated heterocycles. The molecule has 0 bridgehead atoms. The molecule has 0 aromatic heterocycles. The van der Waals surface area contributed by atoms with Gasteiger partial charge in [-0.2, -0.15) is 0 Å². The van der Waals surface area contributed by atoms with Crippen LogP contribution in [-0.4, -0.2) is 18.6 Å². The van der Waals surface area contributed by atoms with Gasteiger partial charge in [0.05, 0.1) is 5.02 Å². The van der Waals surface area contributed by atoms with Gasteiger partial charge in [0.25, 0.3) is 0 Å². The Morgan fingerprint density at radius 2 is 2.06 bits per heavy atom. The van der Waals surface area contributed by atoms with Crippen LogP contribution in [0.1, 0.15) is 25.8 Å². The van der Waals surface area contributed by atoms with E-state index in [9.17, 15) is 4.39 Å². The van der Waals surface area contributed by atoms with E-state index in [2.05, 4.69) is 5.32 Å². The normalized spacial score (nSPS) is 11.8. The Labute approximate surface area is 107 Å². The molecule has 17 heavy (non-hydrogen) atoms. The van der Waals surface area contributed by atoms with E-state index in [1.807, 2.05) is 13.8 Å². The number of benzene rings is 1. The van der Waals surface area contributed by atoms with Gasteiger partial charge in [0.15, 0.2) is 0 Å². The van der Waals surface area contributed by atoms with Gasteiger partial charge < -0.3 is 11.1 Å². The van der Waals surface area contributed by atoms with Crippen LogP contribution in [0, 0.1) is 5.82 Å². The quantitative estimate of drug-likeness (QED) is 0.770. The Balaban J connectivity index is 2.25. The maximum absolute atomic E-state index is 12.9. The van der Waals surface area contributed by atoms with E-state index in [4.69, 9.17) is 17.3 Å². The molecule has 0 radical (unpaired) electrons. The first kappa shape index (κ1) is 14.4. The number of halogens is 2. The molecule has 96 valence electrons. The fraction of sp³-hybridized carbons (Fsp3) is 0.538.